The van der Waals surface area contributed by atoms with Gasteiger partial charge in [0.05, 0.1) is 6.20 Å². The molecule has 0 aliphatic heterocycles. The summed E-state index contributed by atoms with van der Waals surface area (Å²) >= 11 is 0. The van der Waals surface area contributed by atoms with Crippen molar-refractivity contribution in [2.75, 3.05) is 5.73 Å². The van der Waals surface area contributed by atoms with Crippen molar-refractivity contribution < 1.29 is 4.52 Å². The summed E-state index contributed by atoms with van der Waals surface area (Å²) in [4.78, 5) is 0. The van der Waals surface area contributed by atoms with Gasteiger partial charge in [-0.15, -0.1) is 0 Å². The molecule has 4 heteroatoms. The lowest BCUT2D eigenvalue weighted by Crippen LogP contribution is -1.84. The van der Waals surface area contributed by atoms with E-state index in [9.17, 15) is 0 Å². The number of nitrogen functional groups attached to an aromatic ring is 1. The minimum Gasteiger partial charge on any atom is -0.394 e. The highest BCUT2D eigenvalue weighted by Gasteiger charge is 2.16. The van der Waals surface area contributed by atoms with Crippen molar-refractivity contribution in [3.05, 3.63) is 36.2 Å². The summed E-state index contributed by atoms with van der Waals surface area (Å²) in [6.45, 7) is 2.08. The molecule has 2 N–H and O–H groups in total. The highest BCUT2D eigenvalue weighted by atomic mass is 16.5. The first-order valence-electron chi connectivity index (χ1n) is 5.43. The van der Waals surface area contributed by atoms with Crippen LogP contribution in [0.3, 0.4) is 0 Å². The molecule has 0 unspecified atom stereocenters. The Bertz CT molecular complexity index is 694. The number of hydrogen-bond acceptors (Lipinski definition) is 3. The van der Waals surface area contributed by atoms with E-state index in [0.29, 0.717) is 11.4 Å². The molecule has 0 amide bonds. The summed E-state index contributed by atoms with van der Waals surface area (Å²) in [6.07, 6.45) is 3.56. The number of nitrogens with zero attached hydrogens (tertiary/aromatic N) is 2. The predicted molar refractivity (Wildman–Crippen MR) is 67.6 cm³/mol. The zero-order valence-electron chi connectivity index (χ0n) is 9.77. The average Bonchev–Trinajstić information content (AvgIpc) is 2.85. The van der Waals surface area contributed by atoms with Crippen molar-refractivity contribution in [2.45, 2.75) is 6.92 Å². The lowest BCUT2D eigenvalue weighted by molar-refractivity contribution is 0.433. The van der Waals surface area contributed by atoms with Gasteiger partial charge in [0.2, 0.25) is 0 Å². The summed E-state index contributed by atoms with van der Waals surface area (Å²) in [5.41, 5.74) is 9.79. The lowest BCUT2D eigenvalue weighted by Gasteiger charge is -1.99. The fourth-order valence-electron chi connectivity index (χ4n) is 2.25. The highest BCUT2D eigenvalue weighted by molar-refractivity contribution is 5.99. The van der Waals surface area contributed by atoms with Crippen LogP contribution in [0.25, 0.3) is 22.2 Å². The topological polar surface area (TPSA) is 57.0 Å². The third-order valence-electron chi connectivity index (χ3n) is 3.07. The zero-order chi connectivity index (χ0) is 12.0. The molecule has 0 atom stereocenters. The molecule has 0 fully saturated rings. The molecular weight excluding hydrogens is 214 g/mol. The van der Waals surface area contributed by atoms with E-state index in [2.05, 4.69) is 28.8 Å². The number of hydrogen-bond donors (Lipinski definition) is 1. The van der Waals surface area contributed by atoms with E-state index >= 15 is 0 Å². The summed E-state index contributed by atoms with van der Waals surface area (Å²) in [5, 5.41) is 4.90. The molecule has 4 nitrogen and oxygen atoms in total. The van der Waals surface area contributed by atoms with Crippen LogP contribution in [0.1, 0.15) is 5.56 Å². The molecule has 0 aliphatic rings. The van der Waals surface area contributed by atoms with Gasteiger partial charge in [0.1, 0.15) is 5.69 Å². The van der Waals surface area contributed by atoms with Gasteiger partial charge in [0, 0.05) is 29.7 Å². The molecule has 17 heavy (non-hydrogen) atoms. The Morgan fingerprint density at radius 3 is 2.88 bits per heavy atom. The highest BCUT2D eigenvalue weighted by Crippen LogP contribution is 2.35. The smallest absolute Gasteiger partial charge is 0.191 e. The summed E-state index contributed by atoms with van der Waals surface area (Å²) < 4.78 is 7.31. The van der Waals surface area contributed by atoms with Gasteiger partial charge in [-0.2, -0.15) is 0 Å². The summed E-state index contributed by atoms with van der Waals surface area (Å²) in [6, 6.07) is 6.21. The first-order valence-corrected chi connectivity index (χ1v) is 5.43. The largest absolute Gasteiger partial charge is 0.394 e. The quantitative estimate of drug-likeness (QED) is 0.695. The first-order chi connectivity index (χ1) is 8.18. The second kappa shape index (κ2) is 3.38. The molecule has 0 radical (unpaired) electrons. The molecule has 2 aromatic heterocycles. The van der Waals surface area contributed by atoms with E-state index in [0.717, 1.165) is 11.1 Å². The van der Waals surface area contributed by atoms with Crippen molar-refractivity contribution >= 4 is 16.6 Å². The Morgan fingerprint density at radius 1 is 1.35 bits per heavy atom. The van der Waals surface area contributed by atoms with Crippen molar-refractivity contribution in [3.63, 3.8) is 0 Å². The van der Waals surface area contributed by atoms with Crippen LogP contribution in [0.5, 0.6) is 0 Å². The Labute approximate surface area is 98.6 Å². The van der Waals surface area contributed by atoms with Gasteiger partial charge < -0.3 is 14.8 Å². The Hall–Kier alpha value is -2.23. The van der Waals surface area contributed by atoms with E-state index < -0.39 is 0 Å². The van der Waals surface area contributed by atoms with Crippen LogP contribution in [0.2, 0.25) is 0 Å². The van der Waals surface area contributed by atoms with E-state index in [1.807, 2.05) is 19.3 Å². The van der Waals surface area contributed by atoms with Gasteiger partial charge in [-0.05, 0) is 18.6 Å². The zero-order valence-corrected chi connectivity index (χ0v) is 9.77. The number of anilines is 1. The summed E-state index contributed by atoms with van der Waals surface area (Å²) in [7, 11) is 2.01. The van der Waals surface area contributed by atoms with Crippen LogP contribution < -0.4 is 5.73 Å². The maximum atomic E-state index is 5.86. The molecular formula is C13H13N3O. The molecule has 86 valence electrons. The Kier molecular flexibility index (Phi) is 1.98. The van der Waals surface area contributed by atoms with Gasteiger partial charge in [0.25, 0.3) is 0 Å². The second-order valence-corrected chi connectivity index (χ2v) is 4.23. The number of rotatable bonds is 1. The van der Waals surface area contributed by atoms with Crippen molar-refractivity contribution in [3.8, 4) is 11.3 Å². The molecule has 0 bridgehead atoms. The minimum absolute atomic E-state index is 0.570. The Balaban J connectivity index is 2.42. The number of aromatic nitrogens is 2. The lowest BCUT2D eigenvalue weighted by atomic mass is 10.1. The number of benzene rings is 1. The average molecular weight is 227 g/mol. The van der Waals surface area contributed by atoms with Crippen LogP contribution in [0.4, 0.5) is 5.69 Å². The predicted octanol–water partition coefficient (Wildman–Crippen LogP) is 2.72. The molecule has 1 aromatic carbocycles. The van der Waals surface area contributed by atoms with Crippen molar-refractivity contribution in [1.82, 2.24) is 9.72 Å². The number of nitrogens with two attached hydrogens (primary N) is 1. The minimum atomic E-state index is 0.570. The third kappa shape index (κ3) is 1.34. The van der Waals surface area contributed by atoms with Gasteiger partial charge >= 0.3 is 0 Å². The summed E-state index contributed by atoms with van der Waals surface area (Å²) in [5.74, 6) is 0.643. The maximum absolute atomic E-state index is 5.86. The SMILES string of the molecule is Cc1cccc2c1c(-c1oncc1N)cn2C. The third-order valence-corrected chi connectivity index (χ3v) is 3.07. The molecule has 0 saturated carbocycles. The number of fused-ring (bicyclic) bond motifs is 1. The molecule has 0 aliphatic carbocycles. The normalized spacial score (nSPS) is 11.2. The number of aryl methyl sites for hydroxylation is 2. The monoisotopic (exact) mass is 227 g/mol. The van der Waals surface area contributed by atoms with Crippen LogP contribution in [-0.2, 0) is 7.05 Å². The van der Waals surface area contributed by atoms with E-state index in [4.69, 9.17) is 10.3 Å². The van der Waals surface area contributed by atoms with Crippen LogP contribution in [0.15, 0.2) is 35.1 Å². The maximum Gasteiger partial charge on any atom is 0.191 e. The van der Waals surface area contributed by atoms with Crippen molar-refractivity contribution in [1.29, 1.82) is 0 Å². The van der Waals surface area contributed by atoms with Crippen LogP contribution >= 0.6 is 0 Å². The van der Waals surface area contributed by atoms with E-state index in [-0.39, 0.29) is 0 Å². The standard InChI is InChI=1S/C13H13N3O/c1-8-4-3-5-11-12(8)9(7-16(11)2)13-10(14)6-15-17-13/h3-7H,14H2,1-2H3. The van der Waals surface area contributed by atoms with Crippen molar-refractivity contribution in [2.24, 2.45) is 7.05 Å². The second-order valence-electron chi connectivity index (χ2n) is 4.23. The molecule has 3 aromatic rings. The Morgan fingerprint density at radius 2 is 2.18 bits per heavy atom. The van der Waals surface area contributed by atoms with Crippen LogP contribution in [-0.4, -0.2) is 9.72 Å². The molecule has 0 saturated heterocycles. The fourth-order valence-corrected chi connectivity index (χ4v) is 2.25. The van der Waals surface area contributed by atoms with Gasteiger partial charge in [0.15, 0.2) is 5.76 Å². The van der Waals surface area contributed by atoms with Gasteiger partial charge in [-0.25, -0.2) is 0 Å². The van der Waals surface area contributed by atoms with Gasteiger partial charge in [-0.1, -0.05) is 17.3 Å². The fraction of sp³-hybridized carbons (Fsp3) is 0.154. The van der Waals surface area contributed by atoms with E-state index in [1.165, 1.54) is 17.1 Å². The molecule has 3 rings (SSSR count). The van der Waals surface area contributed by atoms with Gasteiger partial charge in [-0.3, -0.25) is 0 Å². The first kappa shape index (κ1) is 9.96. The van der Waals surface area contributed by atoms with Crippen LogP contribution in [0, 0.1) is 6.92 Å². The molecule has 2 heterocycles. The molecule has 0 spiro atoms. The van der Waals surface area contributed by atoms with E-state index in [1.54, 1.807) is 0 Å².